The van der Waals surface area contributed by atoms with E-state index in [-0.39, 0.29) is 17.6 Å². The summed E-state index contributed by atoms with van der Waals surface area (Å²) in [5.74, 6) is 0.622. The van der Waals surface area contributed by atoms with Crippen LogP contribution in [0.4, 0.5) is 15.8 Å². The normalized spacial score (nSPS) is 14.9. The van der Waals surface area contributed by atoms with Crippen molar-refractivity contribution in [2.75, 3.05) is 29.9 Å². The highest BCUT2D eigenvalue weighted by molar-refractivity contribution is 6.04. The maximum atomic E-state index is 13.4. The second-order valence-corrected chi connectivity index (χ2v) is 9.36. The average molecular weight is 499 g/mol. The number of carbonyl (C=O) groups excluding carboxylic acids is 1. The lowest BCUT2D eigenvalue weighted by atomic mass is 9.93. The lowest BCUT2D eigenvalue weighted by Crippen LogP contribution is -2.43. The summed E-state index contributed by atoms with van der Waals surface area (Å²) in [4.78, 5) is 18.8. The molecule has 0 spiro atoms. The molecule has 5 rings (SSSR count). The summed E-state index contributed by atoms with van der Waals surface area (Å²) in [5.41, 5.74) is 3.54. The lowest BCUT2D eigenvalue weighted by molar-refractivity contribution is 0.102. The van der Waals surface area contributed by atoms with Gasteiger partial charge in [-0.25, -0.2) is 4.39 Å². The Bertz CT molecular complexity index is 1270. The summed E-state index contributed by atoms with van der Waals surface area (Å²) in [5, 5.41) is 6.70. The number of pyridine rings is 1. The average Bonchev–Trinajstić information content (AvgIpc) is 3.48. The van der Waals surface area contributed by atoms with Crippen molar-refractivity contribution in [3.63, 3.8) is 0 Å². The van der Waals surface area contributed by atoms with E-state index >= 15 is 0 Å². The molecule has 1 fully saturated rings. The van der Waals surface area contributed by atoms with Crippen LogP contribution in [0.25, 0.3) is 0 Å². The summed E-state index contributed by atoms with van der Waals surface area (Å²) in [6.45, 7) is 2.74. The Balaban J connectivity index is 1.12. The molecule has 2 aromatic heterocycles. The summed E-state index contributed by atoms with van der Waals surface area (Å²) >= 11 is 0. The number of furan rings is 1. The van der Waals surface area contributed by atoms with Gasteiger partial charge in [-0.2, -0.15) is 0 Å². The number of rotatable bonds is 9. The number of piperidine rings is 1. The van der Waals surface area contributed by atoms with Gasteiger partial charge in [-0.05, 0) is 86.0 Å². The summed E-state index contributed by atoms with van der Waals surface area (Å²) in [7, 11) is 0. The number of nitrogens with one attached hydrogen (secondary N) is 2. The molecular weight excluding hydrogens is 467 g/mol. The van der Waals surface area contributed by atoms with Gasteiger partial charge in [0.25, 0.3) is 5.91 Å². The first-order chi connectivity index (χ1) is 18.2. The van der Waals surface area contributed by atoms with Crippen molar-refractivity contribution in [2.45, 2.75) is 31.2 Å². The molecule has 1 atom stereocenters. The van der Waals surface area contributed by atoms with Crippen LogP contribution >= 0.6 is 0 Å². The van der Waals surface area contributed by atoms with Gasteiger partial charge in [-0.15, -0.1) is 0 Å². The van der Waals surface area contributed by atoms with Crippen molar-refractivity contribution < 1.29 is 13.6 Å². The van der Waals surface area contributed by atoms with Crippen molar-refractivity contribution in [1.29, 1.82) is 0 Å². The molecular formula is C30H31FN4O2. The molecule has 0 unspecified atom stereocenters. The zero-order valence-corrected chi connectivity index (χ0v) is 20.6. The van der Waals surface area contributed by atoms with Gasteiger partial charge < -0.3 is 20.0 Å². The van der Waals surface area contributed by atoms with E-state index in [1.807, 2.05) is 42.5 Å². The smallest absolute Gasteiger partial charge is 0.255 e. The predicted molar refractivity (Wildman–Crippen MR) is 143 cm³/mol. The molecule has 1 amide bonds. The number of benzene rings is 2. The summed E-state index contributed by atoms with van der Waals surface area (Å²) < 4.78 is 19.1. The number of hydrogen-bond acceptors (Lipinski definition) is 5. The fourth-order valence-corrected chi connectivity index (χ4v) is 4.92. The van der Waals surface area contributed by atoms with E-state index in [4.69, 9.17) is 4.42 Å². The molecule has 0 saturated carbocycles. The summed E-state index contributed by atoms with van der Waals surface area (Å²) in [6, 6.07) is 22.4. The zero-order chi connectivity index (χ0) is 25.5. The number of anilines is 2. The van der Waals surface area contributed by atoms with E-state index in [9.17, 15) is 9.18 Å². The first-order valence-corrected chi connectivity index (χ1v) is 12.7. The number of carbonyl (C=O) groups is 1. The molecule has 4 aromatic rings. The van der Waals surface area contributed by atoms with E-state index in [1.54, 1.807) is 30.8 Å². The minimum atomic E-state index is -0.228. The maximum Gasteiger partial charge on any atom is 0.255 e. The molecule has 37 heavy (non-hydrogen) atoms. The Labute approximate surface area is 216 Å². The van der Waals surface area contributed by atoms with E-state index < -0.39 is 0 Å². The largest absolute Gasteiger partial charge is 0.469 e. The van der Waals surface area contributed by atoms with E-state index in [0.29, 0.717) is 11.6 Å². The van der Waals surface area contributed by atoms with Crippen molar-refractivity contribution in [1.82, 2.24) is 10.3 Å². The lowest BCUT2D eigenvalue weighted by Gasteiger charge is -2.34. The number of hydrogen-bond donors (Lipinski definition) is 2. The van der Waals surface area contributed by atoms with Gasteiger partial charge in [0.15, 0.2) is 0 Å². The van der Waals surface area contributed by atoms with Crippen molar-refractivity contribution in [2.24, 2.45) is 0 Å². The quantitative estimate of drug-likeness (QED) is 0.303. The maximum absolute atomic E-state index is 13.4. The van der Waals surface area contributed by atoms with Crippen LogP contribution in [-0.2, 0) is 0 Å². The molecule has 3 heterocycles. The van der Waals surface area contributed by atoms with Gasteiger partial charge in [-0.3, -0.25) is 9.78 Å². The van der Waals surface area contributed by atoms with Crippen molar-refractivity contribution in [3.8, 4) is 0 Å². The Morgan fingerprint density at radius 1 is 1.03 bits per heavy atom. The zero-order valence-electron chi connectivity index (χ0n) is 20.6. The van der Waals surface area contributed by atoms with Crippen LogP contribution in [-0.4, -0.2) is 36.6 Å². The number of amides is 1. The number of aromatic nitrogens is 1. The van der Waals surface area contributed by atoms with Gasteiger partial charge in [0.05, 0.1) is 6.26 Å². The topological polar surface area (TPSA) is 70.4 Å². The third-order valence-corrected chi connectivity index (χ3v) is 6.93. The second-order valence-electron chi connectivity index (χ2n) is 9.36. The molecule has 1 aliphatic rings. The van der Waals surface area contributed by atoms with Crippen LogP contribution in [0, 0.1) is 5.82 Å². The molecule has 2 N–H and O–H groups in total. The molecule has 1 aliphatic heterocycles. The predicted octanol–water partition coefficient (Wildman–Crippen LogP) is 5.85. The fourth-order valence-electron chi connectivity index (χ4n) is 4.92. The highest BCUT2D eigenvalue weighted by atomic mass is 19.1. The molecule has 7 heteroatoms. The molecule has 2 aromatic carbocycles. The number of halogens is 1. The van der Waals surface area contributed by atoms with Gasteiger partial charge in [0.2, 0.25) is 0 Å². The van der Waals surface area contributed by atoms with Crippen molar-refractivity contribution in [3.05, 3.63) is 114 Å². The van der Waals surface area contributed by atoms with Crippen LogP contribution in [0.5, 0.6) is 0 Å². The Hall–Kier alpha value is -3.97. The molecule has 0 radical (unpaired) electrons. The minimum Gasteiger partial charge on any atom is -0.469 e. The molecule has 190 valence electrons. The molecule has 1 saturated heterocycles. The van der Waals surface area contributed by atoms with Gasteiger partial charge in [0, 0.05) is 54.4 Å². The molecule has 0 bridgehead atoms. The van der Waals surface area contributed by atoms with Gasteiger partial charge >= 0.3 is 0 Å². The molecule has 6 nitrogen and oxygen atoms in total. The second kappa shape index (κ2) is 11.8. The monoisotopic (exact) mass is 498 g/mol. The van der Waals surface area contributed by atoms with Crippen LogP contribution in [0.1, 0.15) is 46.9 Å². The Kier molecular flexibility index (Phi) is 7.91. The van der Waals surface area contributed by atoms with Crippen LogP contribution in [0.3, 0.4) is 0 Å². The van der Waals surface area contributed by atoms with E-state index in [0.717, 1.165) is 61.6 Å². The fraction of sp³-hybridized carbons (Fsp3) is 0.267. The van der Waals surface area contributed by atoms with Crippen LogP contribution < -0.4 is 15.5 Å². The van der Waals surface area contributed by atoms with Crippen LogP contribution in [0.2, 0.25) is 0 Å². The van der Waals surface area contributed by atoms with E-state index in [1.165, 1.54) is 12.1 Å². The highest BCUT2D eigenvalue weighted by Gasteiger charge is 2.21. The molecule has 0 aliphatic carbocycles. The van der Waals surface area contributed by atoms with Crippen molar-refractivity contribution >= 4 is 17.3 Å². The number of nitrogens with zero attached hydrogens (tertiary/aromatic N) is 2. The van der Waals surface area contributed by atoms with Gasteiger partial charge in [0.1, 0.15) is 11.6 Å². The Morgan fingerprint density at radius 2 is 1.81 bits per heavy atom. The first kappa shape index (κ1) is 24.7. The standard InChI is InChI=1S/C30H31FN4O2/c31-24-8-6-22(7-9-24)28(29-5-2-20-37-29)12-17-33-25-13-18-35(19-14-25)27-4-1-3-26(21-27)34-30(36)23-10-15-32-16-11-23/h1-11,15-16,20-21,25,28,33H,12-14,17-19H2,(H,34,36)/t28-/m0/s1. The third kappa shape index (κ3) is 6.43. The SMILES string of the molecule is O=C(Nc1cccc(N2CCC(NCC[C@@H](c3ccc(F)cc3)c3ccco3)CC2)c1)c1ccncc1. The van der Waals surface area contributed by atoms with E-state index in [2.05, 4.69) is 26.6 Å². The van der Waals surface area contributed by atoms with Gasteiger partial charge in [-0.1, -0.05) is 18.2 Å². The summed E-state index contributed by atoms with van der Waals surface area (Å²) in [6.07, 6.45) is 7.87. The third-order valence-electron chi connectivity index (χ3n) is 6.93. The van der Waals surface area contributed by atoms with Crippen LogP contribution in [0.15, 0.2) is 95.9 Å². The highest BCUT2D eigenvalue weighted by Crippen LogP contribution is 2.29. The Morgan fingerprint density at radius 3 is 2.54 bits per heavy atom. The minimum absolute atomic E-state index is 0.0910. The first-order valence-electron chi connectivity index (χ1n) is 12.7.